The van der Waals surface area contributed by atoms with Gasteiger partial charge < -0.3 is 14.7 Å². The van der Waals surface area contributed by atoms with Gasteiger partial charge in [-0.1, -0.05) is 18.2 Å². The standard InChI is InChI=1S/C27H31FN2O3S/c1-33-20-10-11-26-23(16-20)22(25(28)17-29-26)9-5-6-19-12-13-30(18-24(19)27(31)32)14-15-34-21-7-3-2-4-8-21/h2-4,7-8,10-11,16-17,19,24H,5-6,9,12-15,18H2,1H3,(H,31,32). The lowest BCUT2D eigenvalue weighted by atomic mass is 9.81. The molecule has 180 valence electrons. The zero-order valence-corrected chi connectivity index (χ0v) is 20.3. The van der Waals surface area contributed by atoms with Crippen LogP contribution in [-0.2, 0) is 11.2 Å². The average molecular weight is 483 g/mol. The van der Waals surface area contributed by atoms with Gasteiger partial charge in [0.1, 0.15) is 11.6 Å². The summed E-state index contributed by atoms with van der Waals surface area (Å²) in [6.07, 6.45) is 4.21. The molecule has 34 heavy (non-hydrogen) atoms. The van der Waals surface area contributed by atoms with Gasteiger partial charge in [-0.25, -0.2) is 4.39 Å². The normalized spacial score (nSPS) is 18.8. The molecule has 2 aromatic carbocycles. The fraction of sp³-hybridized carbons (Fsp3) is 0.407. The highest BCUT2D eigenvalue weighted by Gasteiger charge is 2.33. The van der Waals surface area contributed by atoms with Gasteiger partial charge in [0, 0.05) is 29.1 Å². The van der Waals surface area contributed by atoms with Crippen LogP contribution in [0.1, 0.15) is 24.8 Å². The number of methoxy groups -OCH3 is 1. The summed E-state index contributed by atoms with van der Waals surface area (Å²) in [6, 6.07) is 15.8. The number of thioether (sulfide) groups is 1. The highest BCUT2D eigenvalue weighted by atomic mass is 32.2. The lowest BCUT2D eigenvalue weighted by Gasteiger charge is -2.36. The minimum Gasteiger partial charge on any atom is -0.497 e. The Bertz CT molecular complexity index is 1110. The molecule has 1 fully saturated rings. The second-order valence-corrected chi connectivity index (χ2v) is 9.98. The maximum Gasteiger partial charge on any atom is 0.308 e. The minimum absolute atomic E-state index is 0.112. The summed E-state index contributed by atoms with van der Waals surface area (Å²) < 4.78 is 19.9. The number of ether oxygens (including phenoxy) is 1. The van der Waals surface area contributed by atoms with E-state index in [9.17, 15) is 14.3 Å². The summed E-state index contributed by atoms with van der Waals surface area (Å²) in [5, 5.41) is 10.6. The van der Waals surface area contributed by atoms with E-state index in [1.807, 2.05) is 36.4 Å². The van der Waals surface area contributed by atoms with E-state index in [0.717, 1.165) is 49.0 Å². The van der Waals surface area contributed by atoms with Crippen molar-refractivity contribution in [1.82, 2.24) is 9.88 Å². The number of aromatic nitrogens is 1. The fourth-order valence-corrected chi connectivity index (χ4v) is 5.76. The first-order valence-electron chi connectivity index (χ1n) is 11.8. The molecule has 4 rings (SSSR count). The van der Waals surface area contributed by atoms with Crippen LogP contribution in [0.25, 0.3) is 10.9 Å². The number of piperidine rings is 1. The van der Waals surface area contributed by atoms with E-state index < -0.39 is 5.97 Å². The molecule has 0 saturated carbocycles. The predicted molar refractivity (Wildman–Crippen MR) is 134 cm³/mol. The quantitative estimate of drug-likeness (QED) is 0.384. The molecule has 0 spiro atoms. The number of fused-ring (bicyclic) bond motifs is 1. The van der Waals surface area contributed by atoms with Crippen molar-refractivity contribution >= 4 is 28.6 Å². The maximum atomic E-state index is 14.6. The molecule has 1 saturated heterocycles. The fourth-order valence-electron chi connectivity index (χ4n) is 4.83. The lowest BCUT2D eigenvalue weighted by Crippen LogP contribution is -2.44. The second-order valence-electron chi connectivity index (χ2n) is 8.82. The number of pyridine rings is 1. The van der Waals surface area contributed by atoms with Gasteiger partial charge in [-0.05, 0) is 74.0 Å². The van der Waals surface area contributed by atoms with Gasteiger partial charge in [0.05, 0.1) is 24.7 Å². The third kappa shape index (κ3) is 6.07. The Morgan fingerprint density at radius 1 is 1.26 bits per heavy atom. The van der Waals surface area contributed by atoms with E-state index in [1.54, 1.807) is 18.9 Å². The molecule has 0 amide bonds. The zero-order valence-electron chi connectivity index (χ0n) is 19.5. The molecule has 1 aromatic heterocycles. The highest BCUT2D eigenvalue weighted by molar-refractivity contribution is 7.99. The van der Waals surface area contributed by atoms with Crippen molar-refractivity contribution < 1.29 is 19.0 Å². The van der Waals surface area contributed by atoms with Gasteiger partial charge in [-0.2, -0.15) is 0 Å². The molecule has 0 aliphatic carbocycles. The van der Waals surface area contributed by atoms with Crippen LogP contribution >= 0.6 is 11.8 Å². The molecule has 2 heterocycles. The number of aryl methyl sites for hydroxylation is 1. The van der Waals surface area contributed by atoms with Crippen LogP contribution < -0.4 is 4.74 Å². The summed E-state index contributed by atoms with van der Waals surface area (Å²) in [5.74, 6) is 0.302. The van der Waals surface area contributed by atoms with Crippen LogP contribution in [0.15, 0.2) is 59.6 Å². The molecule has 0 radical (unpaired) electrons. The Morgan fingerprint density at radius 2 is 2.09 bits per heavy atom. The smallest absolute Gasteiger partial charge is 0.308 e. The third-order valence-corrected chi connectivity index (χ3v) is 7.70. The zero-order chi connectivity index (χ0) is 23.9. The van der Waals surface area contributed by atoms with Crippen LogP contribution in [0.4, 0.5) is 4.39 Å². The lowest BCUT2D eigenvalue weighted by molar-refractivity contribution is -0.146. The average Bonchev–Trinajstić information content (AvgIpc) is 2.86. The number of carboxylic acids is 1. The molecule has 3 aromatic rings. The minimum atomic E-state index is -0.726. The van der Waals surface area contributed by atoms with Gasteiger partial charge in [0.15, 0.2) is 0 Å². The Hall–Kier alpha value is -2.64. The number of hydrogen-bond acceptors (Lipinski definition) is 5. The Labute approximate surface area is 204 Å². The van der Waals surface area contributed by atoms with E-state index in [2.05, 4.69) is 22.0 Å². The van der Waals surface area contributed by atoms with E-state index in [-0.39, 0.29) is 17.7 Å². The topological polar surface area (TPSA) is 62.7 Å². The molecular weight excluding hydrogens is 451 g/mol. The van der Waals surface area contributed by atoms with Crippen LogP contribution in [-0.4, -0.2) is 53.5 Å². The van der Waals surface area contributed by atoms with Crippen molar-refractivity contribution in [2.45, 2.75) is 30.6 Å². The van der Waals surface area contributed by atoms with Crippen molar-refractivity contribution in [3.63, 3.8) is 0 Å². The van der Waals surface area contributed by atoms with E-state index in [4.69, 9.17) is 4.74 Å². The summed E-state index contributed by atoms with van der Waals surface area (Å²) in [7, 11) is 1.59. The van der Waals surface area contributed by atoms with Gasteiger partial charge >= 0.3 is 5.97 Å². The Balaban J connectivity index is 1.32. The first-order valence-corrected chi connectivity index (χ1v) is 12.8. The van der Waals surface area contributed by atoms with Crippen molar-refractivity contribution in [2.75, 3.05) is 32.5 Å². The molecule has 2 atom stereocenters. The Morgan fingerprint density at radius 3 is 2.85 bits per heavy atom. The molecule has 1 aliphatic heterocycles. The van der Waals surface area contributed by atoms with Crippen molar-refractivity contribution in [3.8, 4) is 5.75 Å². The van der Waals surface area contributed by atoms with Gasteiger partial charge in [-0.3, -0.25) is 9.78 Å². The van der Waals surface area contributed by atoms with Crippen molar-refractivity contribution in [1.29, 1.82) is 0 Å². The van der Waals surface area contributed by atoms with Crippen LogP contribution in [0, 0.1) is 17.7 Å². The Kier molecular flexibility index (Phi) is 8.40. The molecule has 5 nitrogen and oxygen atoms in total. The van der Waals surface area contributed by atoms with Crippen LogP contribution in [0.5, 0.6) is 5.75 Å². The second kappa shape index (κ2) is 11.7. The van der Waals surface area contributed by atoms with Crippen LogP contribution in [0.2, 0.25) is 0 Å². The number of aliphatic carboxylic acids is 1. The largest absolute Gasteiger partial charge is 0.497 e. The van der Waals surface area contributed by atoms with Crippen molar-refractivity contribution in [2.24, 2.45) is 11.8 Å². The number of likely N-dealkylation sites (tertiary alicyclic amines) is 1. The first-order chi connectivity index (χ1) is 16.5. The SMILES string of the molecule is COc1ccc2ncc(F)c(CCCC3CCN(CCSc4ccccc4)CC3C(=O)O)c2c1. The number of nitrogens with zero attached hydrogens (tertiary/aromatic N) is 2. The number of hydrogen-bond donors (Lipinski definition) is 1. The molecule has 1 N–H and O–H groups in total. The molecule has 1 aliphatic rings. The van der Waals surface area contributed by atoms with Crippen LogP contribution in [0.3, 0.4) is 0 Å². The number of rotatable bonds is 10. The third-order valence-electron chi connectivity index (χ3n) is 6.71. The summed E-state index contributed by atoms with van der Waals surface area (Å²) in [5.41, 5.74) is 1.37. The summed E-state index contributed by atoms with van der Waals surface area (Å²) in [6.45, 7) is 2.37. The maximum absolute atomic E-state index is 14.6. The van der Waals surface area contributed by atoms with E-state index in [1.165, 1.54) is 11.1 Å². The highest BCUT2D eigenvalue weighted by Crippen LogP contribution is 2.31. The molecule has 7 heteroatoms. The summed E-state index contributed by atoms with van der Waals surface area (Å²) >= 11 is 1.80. The van der Waals surface area contributed by atoms with Gasteiger partial charge in [0.2, 0.25) is 0 Å². The molecule has 0 bridgehead atoms. The molecule has 2 unspecified atom stereocenters. The monoisotopic (exact) mass is 482 g/mol. The van der Waals surface area contributed by atoms with Gasteiger partial charge in [0.25, 0.3) is 0 Å². The van der Waals surface area contributed by atoms with Crippen molar-refractivity contribution in [3.05, 3.63) is 66.1 Å². The van der Waals surface area contributed by atoms with Gasteiger partial charge in [-0.15, -0.1) is 11.8 Å². The number of carboxylic acid groups (broad SMARTS) is 1. The number of carbonyl (C=O) groups is 1. The van der Waals surface area contributed by atoms with E-state index in [0.29, 0.717) is 24.3 Å². The first kappa shape index (κ1) is 24.5. The predicted octanol–water partition coefficient (Wildman–Crippen LogP) is 5.52. The summed E-state index contributed by atoms with van der Waals surface area (Å²) in [4.78, 5) is 19.7. The molecular formula is C27H31FN2O3S. The number of benzene rings is 2. The van der Waals surface area contributed by atoms with E-state index >= 15 is 0 Å². The number of halogens is 1.